The van der Waals surface area contributed by atoms with Crippen LogP contribution in [0.4, 0.5) is 0 Å². The summed E-state index contributed by atoms with van der Waals surface area (Å²) in [4.78, 5) is 12.3. The Balaban J connectivity index is 1.93. The van der Waals surface area contributed by atoms with Crippen molar-refractivity contribution < 1.29 is 4.79 Å². The second-order valence-electron chi connectivity index (χ2n) is 5.18. The Hall–Kier alpha value is -2.88. The van der Waals surface area contributed by atoms with E-state index < -0.39 is 0 Å². The van der Waals surface area contributed by atoms with Crippen LogP contribution in [0.2, 0.25) is 0 Å². The van der Waals surface area contributed by atoms with E-state index in [1.165, 1.54) is 0 Å². The van der Waals surface area contributed by atoms with Crippen molar-refractivity contribution in [2.24, 2.45) is 7.05 Å². The van der Waals surface area contributed by atoms with Crippen LogP contribution in [-0.4, -0.2) is 14.9 Å². The molecule has 0 atom stereocenters. The number of Topliss-reactive ketones (excluding diaryl/α,β-unsaturated/α-hetero) is 1. The fraction of sp³-hybridized carbons (Fsp3) is 0.111. The van der Waals surface area contributed by atoms with Crippen LogP contribution in [0.15, 0.2) is 66.9 Å². The fourth-order valence-corrected chi connectivity index (χ4v) is 2.47. The second-order valence-corrected chi connectivity index (χ2v) is 5.18. The van der Waals surface area contributed by atoms with E-state index in [4.69, 9.17) is 5.41 Å². The highest BCUT2D eigenvalue weighted by atomic mass is 16.1. The number of hydrogen-bond acceptors (Lipinski definition) is 2. The van der Waals surface area contributed by atoms with Crippen LogP contribution in [0.25, 0.3) is 11.3 Å². The molecule has 1 heterocycles. The molecule has 0 aliphatic rings. The molecule has 0 saturated carbocycles. The largest absolute Gasteiger partial charge is 0.314 e. The highest BCUT2D eigenvalue weighted by Crippen LogP contribution is 2.16. The van der Waals surface area contributed by atoms with Gasteiger partial charge in [0.05, 0.1) is 12.2 Å². The van der Waals surface area contributed by atoms with Gasteiger partial charge in [-0.05, 0) is 5.56 Å². The minimum absolute atomic E-state index is 0.00399. The summed E-state index contributed by atoms with van der Waals surface area (Å²) in [5.74, 6) is 0.00399. The predicted octanol–water partition coefficient (Wildman–Crippen LogP) is 2.86. The molecule has 0 fully saturated rings. The number of hydrogen-bond donors (Lipinski definition) is 1. The van der Waals surface area contributed by atoms with Crippen LogP contribution in [-0.2, 0) is 13.6 Å². The van der Waals surface area contributed by atoms with Crippen molar-refractivity contribution in [2.75, 3.05) is 0 Å². The second kappa shape index (κ2) is 5.85. The Labute approximate surface area is 128 Å². The van der Waals surface area contributed by atoms with E-state index >= 15 is 0 Å². The van der Waals surface area contributed by atoms with Crippen LogP contribution in [0.5, 0.6) is 0 Å². The molecule has 0 amide bonds. The number of carbonyl (C=O) groups excluding carboxylic acids is 1. The SMILES string of the molecule is Cn1c(-c2ccccc2)cn(CC(=O)c2ccccc2)c1=N. The van der Waals surface area contributed by atoms with Gasteiger partial charge in [0.2, 0.25) is 5.62 Å². The predicted molar refractivity (Wildman–Crippen MR) is 85.5 cm³/mol. The van der Waals surface area contributed by atoms with Crippen molar-refractivity contribution in [3.63, 3.8) is 0 Å². The van der Waals surface area contributed by atoms with E-state index in [1.54, 1.807) is 21.3 Å². The van der Waals surface area contributed by atoms with Gasteiger partial charge in [-0.25, -0.2) is 0 Å². The number of aromatic nitrogens is 2. The van der Waals surface area contributed by atoms with Gasteiger partial charge >= 0.3 is 0 Å². The zero-order valence-corrected chi connectivity index (χ0v) is 12.4. The van der Waals surface area contributed by atoms with E-state index in [0.717, 1.165) is 11.3 Å². The van der Waals surface area contributed by atoms with Gasteiger partial charge in [-0.15, -0.1) is 0 Å². The topological polar surface area (TPSA) is 50.8 Å². The Morgan fingerprint density at radius 1 is 1.00 bits per heavy atom. The average molecular weight is 291 g/mol. The van der Waals surface area contributed by atoms with E-state index in [2.05, 4.69) is 0 Å². The number of nitrogens with one attached hydrogen (secondary N) is 1. The van der Waals surface area contributed by atoms with Crippen LogP contribution in [0.3, 0.4) is 0 Å². The lowest BCUT2D eigenvalue weighted by Gasteiger charge is -2.01. The minimum atomic E-state index is 0.00399. The molecule has 0 saturated heterocycles. The molecule has 0 bridgehead atoms. The van der Waals surface area contributed by atoms with Gasteiger partial charge in [-0.1, -0.05) is 60.7 Å². The molecule has 110 valence electrons. The summed E-state index contributed by atoms with van der Waals surface area (Å²) in [6.45, 7) is 0.170. The first kappa shape index (κ1) is 14.1. The summed E-state index contributed by atoms with van der Waals surface area (Å²) in [7, 11) is 1.84. The van der Waals surface area contributed by atoms with Crippen LogP contribution in [0.1, 0.15) is 10.4 Å². The molecule has 0 aliphatic carbocycles. The van der Waals surface area contributed by atoms with Crippen molar-refractivity contribution in [3.05, 3.63) is 78.0 Å². The molecule has 0 spiro atoms. The summed E-state index contributed by atoms with van der Waals surface area (Å²) in [5, 5.41) is 8.20. The third-order valence-electron chi connectivity index (χ3n) is 3.71. The van der Waals surface area contributed by atoms with Gasteiger partial charge in [0.1, 0.15) is 0 Å². The van der Waals surface area contributed by atoms with Gasteiger partial charge in [-0.3, -0.25) is 10.2 Å². The molecule has 0 radical (unpaired) electrons. The number of carbonyl (C=O) groups is 1. The molecule has 2 aromatic carbocycles. The summed E-state index contributed by atoms with van der Waals surface area (Å²) in [6, 6.07) is 19.1. The Morgan fingerprint density at radius 3 is 2.23 bits per heavy atom. The van der Waals surface area contributed by atoms with E-state index in [1.807, 2.05) is 61.8 Å². The summed E-state index contributed by atoms with van der Waals surface area (Å²) in [6.07, 6.45) is 1.86. The zero-order chi connectivity index (χ0) is 15.5. The molecule has 1 N–H and O–H groups in total. The molecule has 0 unspecified atom stereocenters. The third-order valence-corrected chi connectivity index (χ3v) is 3.71. The lowest BCUT2D eigenvalue weighted by atomic mass is 10.1. The number of imidazole rings is 1. The highest BCUT2D eigenvalue weighted by molar-refractivity contribution is 5.95. The monoisotopic (exact) mass is 291 g/mol. The normalized spacial score (nSPS) is 10.6. The van der Waals surface area contributed by atoms with Gasteiger partial charge in [0.15, 0.2) is 5.78 Å². The van der Waals surface area contributed by atoms with Gasteiger partial charge in [-0.2, -0.15) is 0 Å². The fourth-order valence-electron chi connectivity index (χ4n) is 2.47. The molecule has 3 aromatic rings. The first-order valence-corrected chi connectivity index (χ1v) is 7.11. The molecule has 1 aromatic heterocycles. The first-order valence-electron chi connectivity index (χ1n) is 7.11. The Morgan fingerprint density at radius 2 is 1.59 bits per heavy atom. The maximum absolute atomic E-state index is 12.3. The molecule has 22 heavy (non-hydrogen) atoms. The first-order chi connectivity index (χ1) is 10.7. The smallest absolute Gasteiger partial charge is 0.202 e. The number of rotatable bonds is 4. The van der Waals surface area contributed by atoms with E-state index in [0.29, 0.717) is 11.2 Å². The molecule has 4 nitrogen and oxygen atoms in total. The van der Waals surface area contributed by atoms with Crippen LogP contribution >= 0.6 is 0 Å². The minimum Gasteiger partial charge on any atom is -0.314 e. The van der Waals surface area contributed by atoms with E-state index in [-0.39, 0.29) is 12.3 Å². The van der Waals surface area contributed by atoms with Gasteiger partial charge in [0, 0.05) is 18.8 Å². The maximum atomic E-state index is 12.3. The average Bonchev–Trinajstić information content (AvgIpc) is 2.85. The standard InChI is InChI=1S/C18H17N3O/c1-20-16(14-8-4-2-5-9-14)12-21(18(20)19)13-17(22)15-10-6-3-7-11-15/h2-12,19H,13H2,1H3. The number of ketones is 1. The van der Waals surface area contributed by atoms with Crippen molar-refractivity contribution >= 4 is 5.78 Å². The van der Waals surface area contributed by atoms with Crippen LogP contribution < -0.4 is 5.62 Å². The van der Waals surface area contributed by atoms with E-state index in [9.17, 15) is 4.79 Å². The molecule has 3 rings (SSSR count). The zero-order valence-electron chi connectivity index (χ0n) is 12.4. The molecule has 0 aliphatic heterocycles. The number of nitrogens with zero attached hydrogens (tertiary/aromatic N) is 2. The third kappa shape index (κ3) is 2.63. The lowest BCUT2D eigenvalue weighted by Crippen LogP contribution is -2.25. The van der Waals surface area contributed by atoms with Crippen molar-refractivity contribution in [3.8, 4) is 11.3 Å². The molecule has 4 heteroatoms. The summed E-state index contributed by atoms with van der Waals surface area (Å²) in [5.41, 5.74) is 2.93. The molecular formula is C18H17N3O. The highest BCUT2D eigenvalue weighted by Gasteiger charge is 2.11. The number of benzene rings is 2. The van der Waals surface area contributed by atoms with Crippen LogP contribution in [0, 0.1) is 5.41 Å². The van der Waals surface area contributed by atoms with Crippen molar-refractivity contribution in [2.45, 2.75) is 6.54 Å². The summed E-state index contributed by atoms with van der Waals surface area (Å²) >= 11 is 0. The Kier molecular flexibility index (Phi) is 3.74. The van der Waals surface area contributed by atoms with Gasteiger partial charge < -0.3 is 9.13 Å². The quantitative estimate of drug-likeness (QED) is 0.738. The van der Waals surface area contributed by atoms with Crippen molar-refractivity contribution in [1.82, 2.24) is 9.13 Å². The summed E-state index contributed by atoms with van der Waals surface area (Å²) < 4.78 is 3.46. The Bertz CT molecular complexity index is 845. The maximum Gasteiger partial charge on any atom is 0.202 e. The van der Waals surface area contributed by atoms with Gasteiger partial charge in [0.25, 0.3) is 0 Å². The lowest BCUT2D eigenvalue weighted by molar-refractivity contribution is 0.0970. The molecular weight excluding hydrogens is 274 g/mol. The van der Waals surface area contributed by atoms with Crippen molar-refractivity contribution in [1.29, 1.82) is 5.41 Å².